The number of nitrogens with zero attached hydrogens (tertiary/aromatic N) is 6. The summed E-state index contributed by atoms with van der Waals surface area (Å²) >= 11 is 0. The maximum absolute atomic E-state index is 10.4. The van der Waals surface area contributed by atoms with Crippen molar-refractivity contribution in [2.75, 3.05) is 6.54 Å². The molecule has 0 amide bonds. The number of hydrogen-bond donors (Lipinski definition) is 1. The number of β-amino-alcohol motifs (C(OH)–C–C–N with tert-alkyl or cyclic N) is 1. The smallest absolute Gasteiger partial charge is 0.156 e. The lowest BCUT2D eigenvalue weighted by Gasteiger charge is -2.27. The van der Waals surface area contributed by atoms with E-state index in [0.29, 0.717) is 18.4 Å². The van der Waals surface area contributed by atoms with Gasteiger partial charge in [-0.15, -0.1) is 5.10 Å². The molecule has 1 fully saturated rings. The summed E-state index contributed by atoms with van der Waals surface area (Å²) in [5.74, 6) is 0.620. The maximum atomic E-state index is 10.4. The highest BCUT2D eigenvalue weighted by Crippen LogP contribution is 2.28. The summed E-state index contributed by atoms with van der Waals surface area (Å²) in [6.07, 6.45) is 4.66. The Hall–Kier alpha value is -2.28. The minimum atomic E-state index is -0.585. The van der Waals surface area contributed by atoms with E-state index in [1.54, 1.807) is 12.3 Å². The van der Waals surface area contributed by atoms with Gasteiger partial charge in [-0.25, -0.2) is 4.98 Å². The molecule has 0 aliphatic carbocycles. The fourth-order valence-electron chi connectivity index (χ4n) is 2.58. The third-order valence-corrected chi connectivity index (χ3v) is 3.90. The summed E-state index contributed by atoms with van der Waals surface area (Å²) in [5, 5.41) is 21.3. The van der Waals surface area contributed by atoms with Crippen molar-refractivity contribution in [2.45, 2.75) is 31.9 Å². The molecule has 1 unspecified atom stereocenters. The average molecular weight is 286 g/mol. The second-order valence-corrected chi connectivity index (χ2v) is 5.33. The van der Waals surface area contributed by atoms with Gasteiger partial charge in [-0.1, -0.05) is 12.6 Å². The molecule has 3 heterocycles. The second kappa shape index (κ2) is 5.61. The molecule has 3 rings (SSSR count). The van der Waals surface area contributed by atoms with Crippen molar-refractivity contribution < 1.29 is 5.11 Å². The van der Waals surface area contributed by atoms with Crippen LogP contribution in [0.3, 0.4) is 0 Å². The minimum absolute atomic E-state index is 0.431. The van der Waals surface area contributed by atoms with Crippen molar-refractivity contribution in [1.29, 1.82) is 0 Å². The normalized spacial score (nSPS) is 20.0. The Kier molecular flexibility index (Phi) is 3.66. The predicted molar refractivity (Wildman–Crippen MR) is 76.5 cm³/mol. The fourth-order valence-corrected chi connectivity index (χ4v) is 2.58. The lowest BCUT2D eigenvalue weighted by molar-refractivity contribution is 0.123. The maximum Gasteiger partial charge on any atom is 0.156 e. The standard InChI is InChI=1S/C14H18N6O/c1-10-3-4-11(2)19(10)8-13(21)12-5-6-14(15-7-12)20-9-16-17-18-20/h5-7,9,11,13,21H,1,3-4,8H2,2H3/t11?,13-/m1/s1. The molecule has 0 saturated carbocycles. The summed E-state index contributed by atoms with van der Waals surface area (Å²) in [4.78, 5) is 6.44. The Labute approximate surface area is 122 Å². The van der Waals surface area contributed by atoms with E-state index in [9.17, 15) is 5.11 Å². The van der Waals surface area contributed by atoms with E-state index in [-0.39, 0.29) is 0 Å². The zero-order valence-electron chi connectivity index (χ0n) is 11.9. The summed E-state index contributed by atoms with van der Waals surface area (Å²) in [7, 11) is 0. The average Bonchev–Trinajstić information content (AvgIpc) is 3.13. The van der Waals surface area contributed by atoms with Crippen LogP contribution in [0.2, 0.25) is 0 Å². The zero-order chi connectivity index (χ0) is 14.8. The molecule has 1 aliphatic heterocycles. The number of aliphatic hydroxyl groups excluding tert-OH is 1. The number of pyridine rings is 1. The van der Waals surface area contributed by atoms with Crippen molar-refractivity contribution in [3.05, 3.63) is 42.5 Å². The van der Waals surface area contributed by atoms with E-state index in [2.05, 4.69) is 38.9 Å². The van der Waals surface area contributed by atoms with E-state index in [4.69, 9.17) is 0 Å². The van der Waals surface area contributed by atoms with Crippen LogP contribution in [0.5, 0.6) is 0 Å². The Morgan fingerprint density at radius 2 is 2.33 bits per heavy atom. The SMILES string of the molecule is C=C1CCC(C)N1C[C@@H](O)c1ccc(-n2cnnn2)nc1. The molecule has 7 heteroatoms. The molecular formula is C14H18N6O. The molecule has 110 valence electrons. The van der Waals surface area contributed by atoms with Gasteiger partial charge >= 0.3 is 0 Å². The monoisotopic (exact) mass is 286 g/mol. The fraction of sp³-hybridized carbons (Fsp3) is 0.429. The molecule has 2 atom stereocenters. The summed E-state index contributed by atoms with van der Waals surface area (Å²) in [6, 6.07) is 4.07. The van der Waals surface area contributed by atoms with E-state index < -0.39 is 6.10 Å². The number of rotatable bonds is 4. The molecule has 2 aromatic heterocycles. The van der Waals surface area contributed by atoms with Crippen molar-refractivity contribution >= 4 is 0 Å². The van der Waals surface area contributed by atoms with Crippen molar-refractivity contribution in [1.82, 2.24) is 30.1 Å². The molecule has 2 aromatic rings. The Morgan fingerprint density at radius 3 is 2.90 bits per heavy atom. The first kappa shape index (κ1) is 13.7. The topological polar surface area (TPSA) is 80.0 Å². The van der Waals surface area contributed by atoms with Gasteiger partial charge < -0.3 is 10.0 Å². The van der Waals surface area contributed by atoms with Gasteiger partial charge in [0.1, 0.15) is 6.33 Å². The first-order valence-electron chi connectivity index (χ1n) is 6.97. The van der Waals surface area contributed by atoms with Crippen LogP contribution in [0, 0.1) is 0 Å². The predicted octanol–water partition coefficient (Wildman–Crippen LogP) is 1.09. The first-order valence-corrected chi connectivity index (χ1v) is 6.97. The van der Waals surface area contributed by atoms with Gasteiger partial charge in [-0.05, 0) is 36.3 Å². The number of hydrogen-bond acceptors (Lipinski definition) is 6. The molecule has 0 spiro atoms. The van der Waals surface area contributed by atoms with Crippen LogP contribution in [0.25, 0.3) is 5.82 Å². The van der Waals surface area contributed by atoms with Crippen LogP contribution in [-0.2, 0) is 0 Å². The highest BCUT2D eigenvalue weighted by atomic mass is 16.3. The van der Waals surface area contributed by atoms with E-state index in [1.807, 2.05) is 6.07 Å². The van der Waals surface area contributed by atoms with Gasteiger partial charge in [0.15, 0.2) is 5.82 Å². The Balaban J connectivity index is 1.70. The van der Waals surface area contributed by atoms with Crippen molar-refractivity contribution in [3.63, 3.8) is 0 Å². The minimum Gasteiger partial charge on any atom is -0.387 e. The molecule has 0 bridgehead atoms. The highest BCUT2D eigenvalue weighted by molar-refractivity contribution is 5.25. The van der Waals surface area contributed by atoms with Crippen LogP contribution in [0.15, 0.2) is 36.9 Å². The van der Waals surface area contributed by atoms with Crippen LogP contribution in [0.4, 0.5) is 0 Å². The third kappa shape index (κ3) is 2.78. The summed E-state index contributed by atoms with van der Waals surface area (Å²) in [6.45, 7) is 6.76. The van der Waals surface area contributed by atoms with E-state index >= 15 is 0 Å². The van der Waals surface area contributed by atoms with Gasteiger partial charge in [-0.3, -0.25) is 0 Å². The van der Waals surface area contributed by atoms with E-state index in [1.165, 1.54) is 11.0 Å². The Morgan fingerprint density at radius 1 is 1.48 bits per heavy atom. The Bertz CT molecular complexity index is 609. The molecule has 0 aromatic carbocycles. The molecule has 7 nitrogen and oxygen atoms in total. The number of allylic oxidation sites excluding steroid dienone is 1. The number of aliphatic hydroxyl groups is 1. The molecule has 1 saturated heterocycles. The van der Waals surface area contributed by atoms with Gasteiger partial charge in [0.05, 0.1) is 6.10 Å². The second-order valence-electron chi connectivity index (χ2n) is 5.33. The summed E-state index contributed by atoms with van der Waals surface area (Å²) in [5.41, 5.74) is 1.87. The summed E-state index contributed by atoms with van der Waals surface area (Å²) < 4.78 is 1.47. The van der Waals surface area contributed by atoms with Crippen LogP contribution in [-0.4, -0.2) is 47.8 Å². The molecule has 21 heavy (non-hydrogen) atoms. The van der Waals surface area contributed by atoms with Crippen molar-refractivity contribution in [2.24, 2.45) is 0 Å². The molecular weight excluding hydrogens is 268 g/mol. The highest BCUT2D eigenvalue weighted by Gasteiger charge is 2.25. The number of likely N-dealkylation sites (tertiary alicyclic amines) is 1. The lowest BCUT2D eigenvalue weighted by Crippen LogP contribution is -2.30. The van der Waals surface area contributed by atoms with Crippen LogP contribution < -0.4 is 0 Å². The van der Waals surface area contributed by atoms with Crippen LogP contribution >= 0.6 is 0 Å². The molecule has 1 N–H and O–H groups in total. The van der Waals surface area contributed by atoms with Gasteiger partial charge in [-0.2, -0.15) is 4.68 Å². The third-order valence-electron chi connectivity index (χ3n) is 3.90. The zero-order valence-corrected chi connectivity index (χ0v) is 11.9. The van der Waals surface area contributed by atoms with Gasteiger partial charge in [0.2, 0.25) is 0 Å². The van der Waals surface area contributed by atoms with Gasteiger partial charge in [0, 0.05) is 30.0 Å². The number of tetrazole rings is 1. The van der Waals surface area contributed by atoms with Crippen molar-refractivity contribution in [3.8, 4) is 5.82 Å². The largest absolute Gasteiger partial charge is 0.387 e. The lowest BCUT2D eigenvalue weighted by atomic mass is 10.1. The molecule has 1 aliphatic rings. The van der Waals surface area contributed by atoms with Gasteiger partial charge in [0.25, 0.3) is 0 Å². The first-order chi connectivity index (χ1) is 10.1. The quantitative estimate of drug-likeness (QED) is 0.906. The number of aromatic nitrogens is 5. The van der Waals surface area contributed by atoms with E-state index in [0.717, 1.165) is 24.1 Å². The van der Waals surface area contributed by atoms with Crippen LogP contribution in [0.1, 0.15) is 31.4 Å². The molecule has 0 radical (unpaired) electrons.